The van der Waals surface area contributed by atoms with Crippen LogP contribution < -0.4 is 0 Å². The van der Waals surface area contributed by atoms with Gasteiger partial charge in [-0.15, -0.1) is 0 Å². The number of rotatable bonds is 5. The van der Waals surface area contributed by atoms with Crippen molar-refractivity contribution in [2.45, 2.75) is 13.3 Å². The van der Waals surface area contributed by atoms with Gasteiger partial charge < -0.3 is 0 Å². The summed E-state index contributed by atoms with van der Waals surface area (Å²) in [5, 5.41) is 0. The maximum atomic E-state index is 11.6. The Kier molecular flexibility index (Phi) is 4.93. The molecule has 1 aromatic carbocycles. The van der Waals surface area contributed by atoms with Crippen LogP contribution in [-0.2, 0) is 4.79 Å². The molecule has 0 unspecified atom stereocenters. The zero-order valence-electron chi connectivity index (χ0n) is 9.22. The third kappa shape index (κ3) is 4.05. The predicted molar refractivity (Wildman–Crippen MR) is 64.4 cm³/mol. The topological polar surface area (TPSA) is 34.1 Å². The Morgan fingerprint density at radius 1 is 1.06 bits per heavy atom. The minimum Gasteiger partial charge on any atom is -0.295 e. The number of carbonyl (C=O) groups is 2. The van der Waals surface area contributed by atoms with Crippen LogP contribution in [0.5, 0.6) is 0 Å². The molecule has 0 bridgehead atoms. The number of benzene rings is 1. The van der Waals surface area contributed by atoms with Crippen molar-refractivity contribution < 1.29 is 9.59 Å². The van der Waals surface area contributed by atoms with Gasteiger partial charge in [0.25, 0.3) is 0 Å². The summed E-state index contributed by atoms with van der Waals surface area (Å²) >= 11 is 0. The van der Waals surface area contributed by atoms with Crippen molar-refractivity contribution in [1.82, 2.24) is 0 Å². The van der Waals surface area contributed by atoms with Gasteiger partial charge in [-0.25, -0.2) is 0 Å². The van der Waals surface area contributed by atoms with Crippen molar-refractivity contribution >= 4 is 11.6 Å². The molecule has 0 saturated heterocycles. The molecule has 16 heavy (non-hydrogen) atoms. The summed E-state index contributed by atoms with van der Waals surface area (Å²) < 4.78 is 0. The molecular weight excluding hydrogens is 200 g/mol. The van der Waals surface area contributed by atoms with Crippen LogP contribution in [0.15, 0.2) is 54.6 Å². The molecule has 0 radical (unpaired) electrons. The highest BCUT2D eigenvalue weighted by Crippen LogP contribution is 2.00. The molecule has 0 aliphatic rings. The van der Waals surface area contributed by atoms with Crippen LogP contribution in [-0.4, -0.2) is 11.6 Å². The van der Waals surface area contributed by atoms with Crippen molar-refractivity contribution in [1.29, 1.82) is 0 Å². The molecular formula is C14H14O2. The van der Waals surface area contributed by atoms with Crippen LogP contribution in [0, 0.1) is 0 Å². The molecule has 0 heterocycles. The highest BCUT2D eigenvalue weighted by atomic mass is 16.1. The predicted octanol–water partition coefficient (Wildman–Crippen LogP) is 2.96. The third-order valence-corrected chi connectivity index (χ3v) is 2.05. The molecule has 0 amide bonds. The molecule has 2 nitrogen and oxygen atoms in total. The van der Waals surface area contributed by atoms with Gasteiger partial charge in [0.1, 0.15) is 0 Å². The summed E-state index contributed by atoms with van der Waals surface area (Å²) in [6.45, 7) is 1.80. The van der Waals surface area contributed by atoms with Crippen molar-refractivity contribution in [3.05, 3.63) is 60.2 Å². The molecule has 0 saturated carbocycles. The van der Waals surface area contributed by atoms with Crippen molar-refractivity contribution in [3.8, 4) is 0 Å². The summed E-state index contributed by atoms with van der Waals surface area (Å²) in [4.78, 5) is 22.5. The van der Waals surface area contributed by atoms with E-state index >= 15 is 0 Å². The van der Waals surface area contributed by atoms with Gasteiger partial charge >= 0.3 is 0 Å². The van der Waals surface area contributed by atoms with Crippen molar-refractivity contribution in [2.75, 3.05) is 0 Å². The van der Waals surface area contributed by atoms with E-state index in [1.165, 1.54) is 12.2 Å². The number of carbonyl (C=O) groups excluding carboxylic acids is 2. The molecule has 0 N–H and O–H groups in total. The smallest absolute Gasteiger partial charge is 0.185 e. The molecule has 0 atom stereocenters. The van der Waals surface area contributed by atoms with Gasteiger partial charge in [-0.3, -0.25) is 9.59 Å². The molecule has 1 rings (SSSR count). The first kappa shape index (κ1) is 12.1. The Bertz CT molecular complexity index is 414. The van der Waals surface area contributed by atoms with E-state index in [2.05, 4.69) is 0 Å². The van der Waals surface area contributed by atoms with E-state index in [0.717, 1.165) is 0 Å². The fourth-order valence-electron chi connectivity index (χ4n) is 1.12. The van der Waals surface area contributed by atoms with Gasteiger partial charge in [-0.05, 0) is 12.2 Å². The molecule has 2 heteroatoms. The fraction of sp³-hybridized carbons (Fsp3) is 0.143. The minimum atomic E-state index is -0.0609. The summed E-state index contributed by atoms with van der Waals surface area (Å²) in [6.07, 6.45) is 6.58. The van der Waals surface area contributed by atoms with Gasteiger partial charge in [0.15, 0.2) is 11.6 Å². The Hall–Kier alpha value is -1.96. The normalized spacial score (nSPS) is 11.1. The second kappa shape index (κ2) is 6.51. The molecule has 0 spiro atoms. The maximum absolute atomic E-state index is 11.6. The van der Waals surface area contributed by atoms with Crippen LogP contribution in [0.2, 0.25) is 0 Å². The van der Waals surface area contributed by atoms with Crippen molar-refractivity contribution in [3.63, 3.8) is 0 Å². The summed E-state index contributed by atoms with van der Waals surface area (Å²) in [5.74, 6) is -0.00833. The Morgan fingerprint density at radius 3 is 2.31 bits per heavy atom. The lowest BCUT2D eigenvalue weighted by molar-refractivity contribution is -0.114. The largest absolute Gasteiger partial charge is 0.295 e. The zero-order valence-corrected chi connectivity index (χ0v) is 9.22. The third-order valence-electron chi connectivity index (χ3n) is 2.05. The van der Waals surface area contributed by atoms with E-state index in [-0.39, 0.29) is 11.6 Å². The van der Waals surface area contributed by atoms with E-state index < -0.39 is 0 Å². The number of hydrogen-bond acceptors (Lipinski definition) is 2. The SMILES string of the molecule is CCC(=O)/C=C\C=C\C(=O)c1ccccc1. The second-order valence-electron chi connectivity index (χ2n) is 3.27. The lowest BCUT2D eigenvalue weighted by Gasteiger charge is -1.92. The summed E-state index contributed by atoms with van der Waals surface area (Å²) in [6, 6.07) is 9.01. The first-order valence-electron chi connectivity index (χ1n) is 5.21. The maximum Gasteiger partial charge on any atom is 0.185 e. The average Bonchev–Trinajstić information content (AvgIpc) is 2.35. The minimum absolute atomic E-state index is 0.0526. The van der Waals surface area contributed by atoms with Crippen LogP contribution in [0.1, 0.15) is 23.7 Å². The lowest BCUT2D eigenvalue weighted by atomic mass is 10.1. The monoisotopic (exact) mass is 214 g/mol. The van der Waals surface area contributed by atoms with E-state index in [9.17, 15) is 9.59 Å². The van der Waals surface area contributed by atoms with Gasteiger partial charge in [0.2, 0.25) is 0 Å². The van der Waals surface area contributed by atoms with E-state index in [1.54, 1.807) is 31.2 Å². The Labute approximate surface area is 95.3 Å². The number of hydrogen-bond donors (Lipinski definition) is 0. The molecule has 0 aliphatic carbocycles. The number of allylic oxidation sites excluding steroid dienone is 4. The zero-order chi connectivity index (χ0) is 11.8. The summed E-state index contributed by atoms with van der Waals surface area (Å²) in [7, 11) is 0. The lowest BCUT2D eigenvalue weighted by Crippen LogP contribution is -1.92. The van der Waals surface area contributed by atoms with E-state index in [0.29, 0.717) is 12.0 Å². The molecule has 82 valence electrons. The van der Waals surface area contributed by atoms with Crippen LogP contribution >= 0.6 is 0 Å². The molecule has 1 aromatic rings. The van der Waals surface area contributed by atoms with Crippen LogP contribution in [0.25, 0.3) is 0 Å². The average molecular weight is 214 g/mol. The standard InChI is InChI=1S/C14H14O2/c1-2-13(15)10-6-7-11-14(16)12-8-4-3-5-9-12/h3-11H,2H2,1H3/b10-6-,11-7+. The van der Waals surface area contributed by atoms with Crippen molar-refractivity contribution in [2.24, 2.45) is 0 Å². The fourth-order valence-corrected chi connectivity index (χ4v) is 1.12. The first-order valence-corrected chi connectivity index (χ1v) is 5.21. The second-order valence-corrected chi connectivity index (χ2v) is 3.27. The molecule has 0 aliphatic heterocycles. The van der Waals surface area contributed by atoms with Gasteiger partial charge in [-0.2, -0.15) is 0 Å². The highest BCUT2D eigenvalue weighted by molar-refractivity contribution is 6.04. The Morgan fingerprint density at radius 2 is 1.69 bits per heavy atom. The van der Waals surface area contributed by atoms with E-state index in [1.807, 2.05) is 18.2 Å². The Balaban J connectivity index is 2.56. The highest BCUT2D eigenvalue weighted by Gasteiger charge is 1.97. The quantitative estimate of drug-likeness (QED) is 0.429. The van der Waals surface area contributed by atoms with Crippen LogP contribution in [0.3, 0.4) is 0 Å². The van der Waals surface area contributed by atoms with Gasteiger partial charge in [0.05, 0.1) is 0 Å². The van der Waals surface area contributed by atoms with Crippen LogP contribution in [0.4, 0.5) is 0 Å². The first-order chi connectivity index (χ1) is 7.74. The van der Waals surface area contributed by atoms with E-state index in [4.69, 9.17) is 0 Å². The van der Waals surface area contributed by atoms with Gasteiger partial charge in [0, 0.05) is 12.0 Å². The summed E-state index contributed by atoms with van der Waals surface area (Å²) in [5.41, 5.74) is 0.647. The number of ketones is 2. The molecule has 0 aromatic heterocycles. The molecule has 0 fully saturated rings. The van der Waals surface area contributed by atoms with Gasteiger partial charge in [-0.1, -0.05) is 49.4 Å².